The summed E-state index contributed by atoms with van der Waals surface area (Å²) < 4.78 is 0. The molecule has 0 saturated carbocycles. The van der Waals surface area contributed by atoms with Crippen molar-refractivity contribution in [2.75, 3.05) is 38.6 Å². The highest BCUT2D eigenvalue weighted by molar-refractivity contribution is 7.15. The number of likely N-dealkylation sites (N-methyl/N-ethyl adjacent to an activating group) is 1. The van der Waals surface area contributed by atoms with E-state index >= 15 is 0 Å². The van der Waals surface area contributed by atoms with Gasteiger partial charge in [0.15, 0.2) is 5.13 Å². The maximum Gasteiger partial charge on any atom is 0.185 e. The second-order valence-electron chi connectivity index (χ2n) is 4.72. The van der Waals surface area contributed by atoms with Gasteiger partial charge in [0.1, 0.15) is 0 Å². The molecule has 1 aromatic heterocycles. The smallest absolute Gasteiger partial charge is 0.185 e. The van der Waals surface area contributed by atoms with Crippen molar-refractivity contribution in [3.05, 3.63) is 11.1 Å². The normalized spacial score (nSPS) is 13.0. The Morgan fingerprint density at radius 2 is 2.00 bits per heavy atom. The van der Waals surface area contributed by atoms with Crippen LogP contribution < -0.4 is 10.2 Å². The van der Waals surface area contributed by atoms with E-state index in [0.29, 0.717) is 6.04 Å². The molecule has 104 valence electrons. The van der Waals surface area contributed by atoms with Crippen LogP contribution in [0.4, 0.5) is 5.13 Å². The molecule has 0 aliphatic rings. The fraction of sp³-hybridized carbons (Fsp3) is 0.769. The summed E-state index contributed by atoms with van der Waals surface area (Å²) >= 11 is 1.79. The molecule has 1 unspecified atom stereocenters. The number of nitrogens with zero attached hydrogens (tertiary/aromatic N) is 3. The largest absolute Gasteiger partial charge is 0.349 e. The van der Waals surface area contributed by atoms with Crippen LogP contribution in [0.25, 0.3) is 0 Å². The molecule has 0 saturated heterocycles. The Kier molecular flexibility index (Phi) is 6.60. The Labute approximate surface area is 115 Å². The van der Waals surface area contributed by atoms with Crippen LogP contribution >= 0.6 is 11.3 Å². The molecule has 0 radical (unpaired) electrons. The molecule has 4 nitrogen and oxygen atoms in total. The Balaban J connectivity index is 2.40. The fourth-order valence-corrected chi connectivity index (χ4v) is 2.61. The average molecular weight is 270 g/mol. The van der Waals surface area contributed by atoms with Crippen molar-refractivity contribution in [1.82, 2.24) is 15.2 Å². The minimum absolute atomic E-state index is 0.556. The number of hydrogen-bond acceptors (Lipinski definition) is 5. The third-order valence-electron chi connectivity index (χ3n) is 3.20. The summed E-state index contributed by atoms with van der Waals surface area (Å²) in [5.74, 6) is 0. The van der Waals surface area contributed by atoms with E-state index in [2.05, 4.69) is 55.0 Å². The molecule has 1 atom stereocenters. The molecule has 0 bridgehead atoms. The van der Waals surface area contributed by atoms with Gasteiger partial charge >= 0.3 is 0 Å². The number of rotatable bonds is 8. The zero-order valence-corrected chi connectivity index (χ0v) is 13.0. The molecule has 1 heterocycles. The highest BCUT2D eigenvalue weighted by atomic mass is 32.1. The Morgan fingerprint density at radius 3 is 2.56 bits per heavy atom. The minimum Gasteiger partial charge on any atom is -0.349 e. The predicted octanol–water partition coefficient (Wildman–Crippen LogP) is 2.03. The highest BCUT2D eigenvalue weighted by Gasteiger charge is 2.08. The van der Waals surface area contributed by atoms with Gasteiger partial charge in [0, 0.05) is 43.3 Å². The van der Waals surface area contributed by atoms with E-state index in [9.17, 15) is 0 Å². The first-order valence-corrected chi connectivity index (χ1v) is 7.46. The molecular weight excluding hydrogens is 244 g/mol. The lowest BCUT2D eigenvalue weighted by Gasteiger charge is -2.19. The summed E-state index contributed by atoms with van der Waals surface area (Å²) in [6, 6.07) is 0.556. The Hall–Kier alpha value is -0.650. The summed E-state index contributed by atoms with van der Waals surface area (Å²) in [7, 11) is 4.22. The van der Waals surface area contributed by atoms with Crippen molar-refractivity contribution in [3.63, 3.8) is 0 Å². The van der Waals surface area contributed by atoms with Gasteiger partial charge in [-0.2, -0.15) is 0 Å². The summed E-state index contributed by atoms with van der Waals surface area (Å²) in [5, 5.41) is 4.62. The van der Waals surface area contributed by atoms with E-state index in [4.69, 9.17) is 0 Å². The monoisotopic (exact) mass is 270 g/mol. The summed E-state index contributed by atoms with van der Waals surface area (Å²) in [4.78, 5) is 10.3. The first kappa shape index (κ1) is 15.4. The Morgan fingerprint density at radius 1 is 1.33 bits per heavy atom. The zero-order chi connectivity index (χ0) is 13.5. The number of anilines is 1. The quantitative estimate of drug-likeness (QED) is 0.783. The molecule has 18 heavy (non-hydrogen) atoms. The van der Waals surface area contributed by atoms with Gasteiger partial charge in [0.25, 0.3) is 0 Å². The summed E-state index contributed by atoms with van der Waals surface area (Å²) in [5.41, 5.74) is 0. The highest BCUT2D eigenvalue weighted by Crippen LogP contribution is 2.21. The van der Waals surface area contributed by atoms with E-state index in [1.165, 1.54) is 4.88 Å². The first-order chi connectivity index (χ1) is 8.58. The molecule has 0 aliphatic carbocycles. The van der Waals surface area contributed by atoms with Crippen LogP contribution in [0.2, 0.25) is 0 Å². The number of nitrogens with one attached hydrogen (secondary N) is 1. The topological polar surface area (TPSA) is 31.4 Å². The van der Waals surface area contributed by atoms with Crippen molar-refractivity contribution < 1.29 is 0 Å². The van der Waals surface area contributed by atoms with Crippen LogP contribution in [0.15, 0.2) is 6.20 Å². The van der Waals surface area contributed by atoms with Gasteiger partial charge in [-0.15, -0.1) is 11.3 Å². The van der Waals surface area contributed by atoms with Crippen molar-refractivity contribution in [3.8, 4) is 0 Å². The van der Waals surface area contributed by atoms with Crippen LogP contribution in [0.5, 0.6) is 0 Å². The molecule has 0 aromatic carbocycles. The van der Waals surface area contributed by atoms with Crippen LogP contribution in [0.1, 0.15) is 25.6 Å². The second-order valence-corrected chi connectivity index (χ2v) is 5.82. The summed E-state index contributed by atoms with van der Waals surface area (Å²) in [6.07, 6.45) is 1.99. The standard InChI is InChI=1S/C13H26N4S/c1-6-17(7-2)13-15-10-12(18-13)9-14-8-11(3)16(4)5/h10-11,14H,6-9H2,1-5H3. The fourth-order valence-electron chi connectivity index (χ4n) is 1.61. The molecule has 5 heteroatoms. The van der Waals surface area contributed by atoms with E-state index in [-0.39, 0.29) is 0 Å². The van der Waals surface area contributed by atoms with E-state index in [1.807, 2.05) is 6.20 Å². The zero-order valence-electron chi connectivity index (χ0n) is 12.2. The molecule has 0 fully saturated rings. The predicted molar refractivity (Wildman–Crippen MR) is 80.5 cm³/mol. The van der Waals surface area contributed by atoms with Crippen LogP contribution in [-0.2, 0) is 6.54 Å². The summed E-state index contributed by atoms with van der Waals surface area (Å²) in [6.45, 7) is 10.5. The molecule has 1 N–H and O–H groups in total. The van der Waals surface area contributed by atoms with Crippen molar-refractivity contribution in [2.45, 2.75) is 33.4 Å². The van der Waals surface area contributed by atoms with E-state index < -0.39 is 0 Å². The SMILES string of the molecule is CCN(CC)c1ncc(CNCC(C)N(C)C)s1. The molecule has 1 rings (SSSR count). The molecule has 0 amide bonds. The van der Waals surface area contributed by atoms with Gasteiger partial charge in [-0.3, -0.25) is 0 Å². The van der Waals surface area contributed by atoms with Gasteiger partial charge in [-0.25, -0.2) is 4.98 Å². The van der Waals surface area contributed by atoms with Gasteiger partial charge in [-0.1, -0.05) is 0 Å². The van der Waals surface area contributed by atoms with E-state index in [0.717, 1.165) is 31.3 Å². The molecular formula is C13H26N4S. The van der Waals surface area contributed by atoms with Crippen molar-refractivity contribution in [1.29, 1.82) is 0 Å². The van der Waals surface area contributed by atoms with Gasteiger partial charge in [0.05, 0.1) is 0 Å². The molecule has 0 aliphatic heterocycles. The maximum atomic E-state index is 4.49. The first-order valence-electron chi connectivity index (χ1n) is 6.65. The van der Waals surface area contributed by atoms with Crippen molar-refractivity contribution in [2.24, 2.45) is 0 Å². The number of aromatic nitrogens is 1. The van der Waals surface area contributed by atoms with Gasteiger partial charge in [0.2, 0.25) is 0 Å². The van der Waals surface area contributed by atoms with Crippen LogP contribution in [0.3, 0.4) is 0 Å². The average Bonchev–Trinajstić information content (AvgIpc) is 2.79. The van der Waals surface area contributed by atoms with Crippen LogP contribution in [-0.4, -0.2) is 49.7 Å². The lowest BCUT2D eigenvalue weighted by atomic mass is 10.3. The molecule has 1 aromatic rings. The number of hydrogen-bond donors (Lipinski definition) is 1. The third kappa shape index (κ3) is 4.55. The van der Waals surface area contributed by atoms with Crippen molar-refractivity contribution >= 4 is 16.5 Å². The minimum atomic E-state index is 0.556. The number of thiazole rings is 1. The maximum absolute atomic E-state index is 4.49. The molecule has 0 spiro atoms. The van der Waals surface area contributed by atoms with E-state index in [1.54, 1.807) is 11.3 Å². The lowest BCUT2D eigenvalue weighted by Crippen LogP contribution is -2.34. The van der Waals surface area contributed by atoms with Gasteiger partial charge in [-0.05, 0) is 34.9 Å². The lowest BCUT2D eigenvalue weighted by molar-refractivity contribution is 0.303. The van der Waals surface area contributed by atoms with Gasteiger partial charge < -0.3 is 15.1 Å². The second kappa shape index (κ2) is 7.71. The van der Waals surface area contributed by atoms with Crippen LogP contribution in [0, 0.1) is 0 Å². The third-order valence-corrected chi connectivity index (χ3v) is 4.25. The Bertz CT molecular complexity index is 333.